The Labute approximate surface area is 174 Å². The largest absolute Gasteiger partial charge is 0.459 e. The van der Waals surface area contributed by atoms with Crippen LogP contribution in [0.1, 0.15) is 47.7 Å². The van der Waals surface area contributed by atoms with Gasteiger partial charge in [-0.1, -0.05) is 29.4 Å². The van der Waals surface area contributed by atoms with Crippen molar-refractivity contribution in [3.63, 3.8) is 0 Å². The minimum atomic E-state index is -0.629. The molecule has 2 amide bonds. The molecule has 8 nitrogen and oxygen atoms in total. The summed E-state index contributed by atoms with van der Waals surface area (Å²) in [6.07, 6.45) is 2.90. The molecule has 1 aliphatic heterocycles. The van der Waals surface area contributed by atoms with Gasteiger partial charge in [-0.3, -0.25) is 9.59 Å². The van der Waals surface area contributed by atoms with E-state index in [9.17, 15) is 9.59 Å². The Kier molecular flexibility index (Phi) is 5.65. The first-order valence-corrected chi connectivity index (χ1v) is 10.1. The van der Waals surface area contributed by atoms with Crippen molar-refractivity contribution in [1.29, 1.82) is 0 Å². The van der Waals surface area contributed by atoms with Crippen molar-refractivity contribution in [1.82, 2.24) is 20.4 Å². The maximum atomic E-state index is 12.7. The number of likely N-dealkylation sites (tertiary alicyclic amines) is 1. The third kappa shape index (κ3) is 4.12. The standard InChI is InChI=1S/C22H24N4O4/c1-14-6-3-4-7-17(14)19-24-21(30-25-19)16-9-11-26(12-10-16)22(28)15(2)23-20(27)18-8-5-13-29-18/h3-8,13,15-16H,9-12H2,1-2H3,(H,23,27)/t15-/m1/s1. The molecule has 0 saturated carbocycles. The number of hydrogen-bond donors (Lipinski definition) is 1. The van der Waals surface area contributed by atoms with Crippen molar-refractivity contribution in [3.05, 3.63) is 59.9 Å². The van der Waals surface area contributed by atoms with Gasteiger partial charge in [-0.2, -0.15) is 4.98 Å². The fourth-order valence-corrected chi connectivity index (χ4v) is 3.69. The fourth-order valence-electron chi connectivity index (χ4n) is 3.69. The highest BCUT2D eigenvalue weighted by molar-refractivity contribution is 5.95. The highest BCUT2D eigenvalue weighted by Crippen LogP contribution is 2.29. The van der Waals surface area contributed by atoms with Gasteiger partial charge in [-0.15, -0.1) is 0 Å². The third-order valence-corrected chi connectivity index (χ3v) is 5.45. The molecule has 30 heavy (non-hydrogen) atoms. The van der Waals surface area contributed by atoms with Crippen LogP contribution in [-0.2, 0) is 4.79 Å². The summed E-state index contributed by atoms with van der Waals surface area (Å²) in [5.41, 5.74) is 2.05. The van der Waals surface area contributed by atoms with Gasteiger partial charge in [0.25, 0.3) is 5.91 Å². The third-order valence-electron chi connectivity index (χ3n) is 5.45. The van der Waals surface area contributed by atoms with Crippen molar-refractivity contribution in [2.24, 2.45) is 0 Å². The first-order valence-electron chi connectivity index (χ1n) is 10.1. The van der Waals surface area contributed by atoms with Crippen LogP contribution in [0.2, 0.25) is 0 Å². The van der Waals surface area contributed by atoms with E-state index in [0.29, 0.717) is 24.8 Å². The van der Waals surface area contributed by atoms with Gasteiger partial charge in [0.15, 0.2) is 5.76 Å². The molecule has 156 valence electrons. The van der Waals surface area contributed by atoms with E-state index in [0.717, 1.165) is 24.0 Å². The number of amides is 2. The van der Waals surface area contributed by atoms with Crippen LogP contribution < -0.4 is 5.32 Å². The summed E-state index contributed by atoms with van der Waals surface area (Å²) in [4.78, 5) is 31.1. The Morgan fingerprint density at radius 2 is 1.93 bits per heavy atom. The molecule has 0 unspecified atom stereocenters. The minimum Gasteiger partial charge on any atom is -0.459 e. The highest BCUT2D eigenvalue weighted by atomic mass is 16.5. The van der Waals surface area contributed by atoms with E-state index in [1.54, 1.807) is 24.0 Å². The molecule has 0 spiro atoms. The molecular weight excluding hydrogens is 384 g/mol. The maximum Gasteiger partial charge on any atom is 0.287 e. The topological polar surface area (TPSA) is 101 Å². The number of aromatic nitrogens is 2. The van der Waals surface area contributed by atoms with Crippen molar-refractivity contribution in [3.8, 4) is 11.4 Å². The predicted molar refractivity (Wildman–Crippen MR) is 109 cm³/mol. The van der Waals surface area contributed by atoms with Crippen LogP contribution in [0.25, 0.3) is 11.4 Å². The van der Waals surface area contributed by atoms with Crippen LogP contribution in [0.4, 0.5) is 0 Å². The lowest BCUT2D eigenvalue weighted by molar-refractivity contribution is -0.134. The molecule has 0 radical (unpaired) electrons. The number of piperidine rings is 1. The molecule has 0 aliphatic carbocycles. The Morgan fingerprint density at radius 3 is 2.63 bits per heavy atom. The van der Waals surface area contributed by atoms with Crippen LogP contribution >= 0.6 is 0 Å². The summed E-state index contributed by atoms with van der Waals surface area (Å²) in [5, 5.41) is 6.82. The monoisotopic (exact) mass is 408 g/mol. The SMILES string of the molecule is Cc1ccccc1-c1noc(C2CCN(C(=O)[C@@H](C)NC(=O)c3ccco3)CC2)n1. The van der Waals surface area contributed by atoms with Gasteiger partial charge in [-0.05, 0) is 44.4 Å². The Morgan fingerprint density at radius 1 is 1.17 bits per heavy atom. The smallest absolute Gasteiger partial charge is 0.287 e. The van der Waals surface area contributed by atoms with Crippen molar-refractivity contribution < 1.29 is 18.5 Å². The second-order valence-corrected chi connectivity index (χ2v) is 7.54. The average Bonchev–Trinajstić information content (AvgIpc) is 3.46. The van der Waals surface area contributed by atoms with E-state index in [1.165, 1.54) is 6.26 Å². The molecule has 1 fully saturated rings. The summed E-state index contributed by atoms with van der Waals surface area (Å²) in [5.74, 6) is 1.00. The van der Waals surface area contributed by atoms with Gasteiger partial charge in [0.2, 0.25) is 17.6 Å². The molecule has 3 heterocycles. The number of carbonyl (C=O) groups is 2. The zero-order valence-corrected chi connectivity index (χ0v) is 17.0. The fraction of sp³-hybridized carbons (Fsp3) is 0.364. The highest BCUT2D eigenvalue weighted by Gasteiger charge is 2.30. The number of furan rings is 1. The zero-order valence-electron chi connectivity index (χ0n) is 17.0. The van der Waals surface area contributed by atoms with Crippen LogP contribution in [0.3, 0.4) is 0 Å². The molecule has 2 aromatic heterocycles. The number of nitrogens with zero attached hydrogens (tertiary/aromatic N) is 3. The summed E-state index contributed by atoms with van der Waals surface area (Å²) >= 11 is 0. The molecule has 1 aromatic carbocycles. The molecule has 8 heteroatoms. The quantitative estimate of drug-likeness (QED) is 0.696. The van der Waals surface area contributed by atoms with E-state index in [-0.39, 0.29) is 17.6 Å². The molecule has 1 saturated heterocycles. The van der Waals surface area contributed by atoms with E-state index in [1.807, 2.05) is 31.2 Å². The van der Waals surface area contributed by atoms with E-state index < -0.39 is 11.9 Å². The number of hydrogen-bond acceptors (Lipinski definition) is 6. The number of aryl methyl sites for hydroxylation is 1. The van der Waals surface area contributed by atoms with Crippen LogP contribution in [0.5, 0.6) is 0 Å². The maximum absolute atomic E-state index is 12.7. The minimum absolute atomic E-state index is 0.112. The summed E-state index contributed by atoms with van der Waals surface area (Å²) < 4.78 is 10.6. The average molecular weight is 408 g/mol. The van der Waals surface area contributed by atoms with Gasteiger partial charge in [0.1, 0.15) is 6.04 Å². The summed E-state index contributed by atoms with van der Waals surface area (Å²) in [7, 11) is 0. The van der Waals surface area contributed by atoms with E-state index in [4.69, 9.17) is 8.94 Å². The van der Waals surface area contributed by atoms with Crippen LogP contribution in [0, 0.1) is 6.92 Å². The van der Waals surface area contributed by atoms with Crippen LogP contribution in [-0.4, -0.2) is 46.0 Å². The molecule has 1 aliphatic rings. The molecule has 0 bridgehead atoms. The number of carbonyl (C=O) groups excluding carboxylic acids is 2. The van der Waals surface area contributed by atoms with Crippen molar-refractivity contribution in [2.75, 3.05) is 13.1 Å². The zero-order chi connectivity index (χ0) is 21.1. The summed E-state index contributed by atoms with van der Waals surface area (Å²) in [6, 6.07) is 10.5. The van der Waals surface area contributed by atoms with Crippen molar-refractivity contribution >= 4 is 11.8 Å². The van der Waals surface area contributed by atoms with E-state index >= 15 is 0 Å². The van der Waals surface area contributed by atoms with Gasteiger partial charge in [0, 0.05) is 24.6 Å². The molecular formula is C22H24N4O4. The second kappa shape index (κ2) is 8.52. The predicted octanol–water partition coefficient (Wildman–Crippen LogP) is 3.16. The molecule has 1 atom stereocenters. The van der Waals surface area contributed by atoms with Gasteiger partial charge >= 0.3 is 0 Å². The first-order chi connectivity index (χ1) is 14.5. The van der Waals surface area contributed by atoms with Crippen molar-refractivity contribution in [2.45, 2.75) is 38.6 Å². The Hall–Kier alpha value is -3.42. The van der Waals surface area contributed by atoms with E-state index in [2.05, 4.69) is 15.5 Å². The van der Waals surface area contributed by atoms with Crippen LogP contribution in [0.15, 0.2) is 51.6 Å². The Bertz CT molecular complexity index is 1020. The number of rotatable bonds is 5. The molecule has 4 rings (SSSR count). The second-order valence-electron chi connectivity index (χ2n) is 7.54. The Balaban J connectivity index is 1.33. The molecule has 3 aromatic rings. The summed E-state index contributed by atoms with van der Waals surface area (Å²) in [6.45, 7) is 4.85. The normalized spacial score (nSPS) is 15.7. The molecule has 1 N–H and O–H groups in total. The van der Waals surface area contributed by atoms with Gasteiger partial charge in [-0.25, -0.2) is 0 Å². The lowest BCUT2D eigenvalue weighted by atomic mass is 9.96. The first kappa shape index (κ1) is 19.9. The lowest BCUT2D eigenvalue weighted by Crippen LogP contribution is -2.49. The van der Waals surface area contributed by atoms with Gasteiger partial charge < -0.3 is 19.2 Å². The number of benzene rings is 1. The number of nitrogens with one attached hydrogen (secondary N) is 1. The van der Waals surface area contributed by atoms with Gasteiger partial charge in [0.05, 0.1) is 6.26 Å². The lowest BCUT2D eigenvalue weighted by Gasteiger charge is -2.32.